The number of fused-ring (bicyclic) bond motifs is 3. The number of aryl methyl sites for hydroxylation is 1. The highest BCUT2D eigenvalue weighted by Crippen LogP contribution is 2.60. The molecule has 1 aromatic carbocycles. The summed E-state index contributed by atoms with van der Waals surface area (Å²) >= 11 is 0. The van der Waals surface area contributed by atoms with Crippen molar-refractivity contribution in [2.24, 2.45) is 11.8 Å². The van der Waals surface area contributed by atoms with Gasteiger partial charge in [-0.15, -0.1) is 0 Å². The first kappa shape index (κ1) is 14.5. The number of benzene rings is 1. The molecule has 2 aliphatic rings. The Kier molecular flexibility index (Phi) is 4.00. The van der Waals surface area contributed by atoms with Gasteiger partial charge in [0.25, 0.3) is 0 Å². The van der Waals surface area contributed by atoms with Gasteiger partial charge in [-0.3, -0.25) is 4.79 Å². The van der Waals surface area contributed by atoms with E-state index in [4.69, 9.17) is 4.74 Å². The van der Waals surface area contributed by atoms with Gasteiger partial charge in [0.05, 0.1) is 12.7 Å². The molecule has 1 amide bonds. The molecule has 0 aliphatic heterocycles. The minimum Gasteiger partial charge on any atom is -0.389 e. The number of hydrogen-bond acceptors (Lipinski definition) is 3. The van der Waals surface area contributed by atoms with Gasteiger partial charge in [0, 0.05) is 26.6 Å². The largest absolute Gasteiger partial charge is 0.389 e. The number of carbonyl (C=O) groups excluding carboxylic acids is 1. The third-order valence-corrected chi connectivity index (χ3v) is 4.83. The van der Waals surface area contributed by atoms with Gasteiger partial charge >= 0.3 is 0 Å². The predicted molar refractivity (Wildman–Crippen MR) is 80.0 cm³/mol. The van der Waals surface area contributed by atoms with Crippen LogP contribution < -0.4 is 0 Å². The molecule has 0 aromatic heterocycles. The zero-order valence-electron chi connectivity index (χ0n) is 12.7. The average Bonchev–Trinajstić information content (AvgIpc) is 3.21. The molecule has 2 aliphatic carbocycles. The molecule has 4 nitrogen and oxygen atoms in total. The highest BCUT2D eigenvalue weighted by molar-refractivity contribution is 5.84. The molecular weight excluding hydrogens is 266 g/mol. The van der Waals surface area contributed by atoms with Crippen LogP contribution in [-0.4, -0.2) is 49.3 Å². The van der Waals surface area contributed by atoms with Gasteiger partial charge in [-0.2, -0.15) is 0 Å². The molecule has 4 unspecified atom stereocenters. The number of aliphatic hydroxyl groups excluding tert-OH is 1. The summed E-state index contributed by atoms with van der Waals surface area (Å²) in [4.78, 5) is 14.3. The maximum atomic E-state index is 12.6. The molecule has 21 heavy (non-hydrogen) atoms. The van der Waals surface area contributed by atoms with Crippen molar-refractivity contribution >= 4 is 5.91 Å². The predicted octanol–water partition coefficient (Wildman–Crippen LogP) is 1.43. The number of ether oxygens (including phenoxy) is 1. The summed E-state index contributed by atoms with van der Waals surface area (Å²) in [5, 5.41) is 9.77. The van der Waals surface area contributed by atoms with Crippen molar-refractivity contribution in [2.45, 2.75) is 24.9 Å². The molecule has 1 aromatic rings. The topological polar surface area (TPSA) is 49.8 Å². The lowest BCUT2D eigenvalue weighted by molar-refractivity contribution is -0.133. The van der Waals surface area contributed by atoms with E-state index in [2.05, 4.69) is 24.3 Å². The van der Waals surface area contributed by atoms with Crippen molar-refractivity contribution in [3.8, 4) is 0 Å². The first-order valence-electron chi connectivity index (χ1n) is 7.63. The van der Waals surface area contributed by atoms with E-state index in [0.717, 1.165) is 12.8 Å². The van der Waals surface area contributed by atoms with Crippen LogP contribution in [0.25, 0.3) is 0 Å². The van der Waals surface area contributed by atoms with E-state index in [1.165, 1.54) is 11.1 Å². The number of hydrogen-bond donors (Lipinski definition) is 1. The maximum absolute atomic E-state index is 12.6. The molecule has 114 valence electrons. The molecule has 1 saturated carbocycles. The number of likely N-dealkylation sites (N-methyl/N-ethyl adjacent to an activating group) is 1. The number of aliphatic hydroxyl groups is 1. The highest BCUT2D eigenvalue weighted by Gasteiger charge is 2.57. The zero-order chi connectivity index (χ0) is 15.0. The maximum Gasteiger partial charge on any atom is 0.226 e. The fourth-order valence-electron chi connectivity index (χ4n) is 3.81. The van der Waals surface area contributed by atoms with Crippen LogP contribution in [0.2, 0.25) is 0 Å². The summed E-state index contributed by atoms with van der Waals surface area (Å²) in [6.45, 7) is 0.599. The second-order valence-electron chi connectivity index (χ2n) is 6.28. The Balaban J connectivity index is 1.66. The Morgan fingerprint density at radius 1 is 1.48 bits per heavy atom. The Bertz CT molecular complexity index is 531. The average molecular weight is 289 g/mol. The molecule has 0 radical (unpaired) electrons. The normalized spacial score (nSPS) is 27.5. The number of rotatable bonds is 5. The molecule has 1 N–H and O–H groups in total. The smallest absolute Gasteiger partial charge is 0.226 e. The Hall–Kier alpha value is -1.39. The number of amides is 1. The minimum absolute atomic E-state index is 0.105. The van der Waals surface area contributed by atoms with Gasteiger partial charge in [0.15, 0.2) is 0 Å². The molecule has 0 spiro atoms. The Morgan fingerprint density at radius 3 is 3.00 bits per heavy atom. The van der Waals surface area contributed by atoms with Crippen LogP contribution in [0.1, 0.15) is 23.5 Å². The molecular formula is C17H23NO3. The highest BCUT2D eigenvalue weighted by atomic mass is 16.5. The van der Waals surface area contributed by atoms with Gasteiger partial charge in [-0.1, -0.05) is 24.3 Å². The van der Waals surface area contributed by atoms with E-state index in [0.29, 0.717) is 18.4 Å². The summed E-state index contributed by atoms with van der Waals surface area (Å²) in [6, 6.07) is 8.48. The van der Waals surface area contributed by atoms with Gasteiger partial charge in [0.2, 0.25) is 5.91 Å². The van der Waals surface area contributed by atoms with E-state index in [-0.39, 0.29) is 18.4 Å². The molecule has 4 heteroatoms. The van der Waals surface area contributed by atoms with Crippen LogP contribution in [0, 0.1) is 11.8 Å². The van der Waals surface area contributed by atoms with Crippen LogP contribution in [0.5, 0.6) is 0 Å². The van der Waals surface area contributed by atoms with E-state index < -0.39 is 6.10 Å². The van der Waals surface area contributed by atoms with Gasteiger partial charge in [-0.05, 0) is 35.8 Å². The molecule has 0 saturated heterocycles. The summed E-state index contributed by atoms with van der Waals surface area (Å²) in [7, 11) is 3.33. The van der Waals surface area contributed by atoms with Gasteiger partial charge in [-0.25, -0.2) is 0 Å². The zero-order valence-corrected chi connectivity index (χ0v) is 12.7. The molecule has 4 atom stereocenters. The summed E-state index contributed by atoms with van der Waals surface area (Å²) in [5.41, 5.74) is 2.76. The quantitative estimate of drug-likeness (QED) is 0.892. The SMILES string of the molecule is COCC(O)CN(C)C(=O)C1C2CCc3ccccc3C21. The lowest BCUT2D eigenvalue weighted by Gasteiger charge is -2.20. The van der Waals surface area contributed by atoms with Crippen LogP contribution in [0.15, 0.2) is 24.3 Å². The van der Waals surface area contributed by atoms with E-state index in [1.54, 1.807) is 19.1 Å². The van der Waals surface area contributed by atoms with Crippen LogP contribution in [0.3, 0.4) is 0 Å². The van der Waals surface area contributed by atoms with Crippen molar-refractivity contribution in [1.29, 1.82) is 0 Å². The fraction of sp³-hybridized carbons (Fsp3) is 0.588. The van der Waals surface area contributed by atoms with Crippen molar-refractivity contribution in [3.05, 3.63) is 35.4 Å². The van der Waals surface area contributed by atoms with E-state index >= 15 is 0 Å². The standard InChI is InChI=1S/C17H23NO3/c1-18(9-12(19)10-21-2)17(20)16-14-8-7-11-5-3-4-6-13(11)15(14)16/h3-6,12,14-16,19H,7-10H2,1-2H3. The van der Waals surface area contributed by atoms with Crippen LogP contribution in [-0.2, 0) is 16.0 Å². The summed E-state index contributed by atoms with van der Waals surface area (Å²) in [5.74, 6) is 1.16. The second-order valence-corrected chi connectivity index (χ2v) is 6.28. The lowest BCUT2D eigenvalue weighted by atomic mass is 9.92. The van der Waals surface area contributed by atoms with Gasteiger partial charge in [0.1, 0.15) is 0 Å². The molecule has 1 fully saturated rings. The van der Waals surface area contributed by atoms with Crippen molar-refractivity contribution in [3.63, 3.8) is 0 Å². The van der Waals surface area contributed by atoms with Crippen molar-refractivity contribution < 1.29 is 14.6 Å². The third kappa shape index (κ3) is 2.70. The minimum atomic E-state index is -0.614. The lowest BCUT2D eigenvalue weighted by Crippen LogP contribution is -2.37. The van der Waals surface area contributed by atoms with E-state index in [9.17, 15) is 9.90 Å². The first-order valence-corrected chi connectivity index (χ1v) is 7.63. The monoisotopic (exact) mass is 289 g/mol. The first-order chi connectivity index (χ1) is 10.1. The fourth-order valence-corrected chi connectivity index (χ4v) is 3.81. The Morgan fingerprint density at radius 2 is 2.24 bits per heavy atom. The van der Waals surface area contributed by atoms with E-state index in [1.807, 2.05) is 0 Å². The molecule has 0 bridgehead atoms. The Labute approximate surface area is 125 Å². The van der Waals surface area contributed by atoms with Gasteiger partial charge < -0.3 is 14.7 Å². The summed E-state index contributed by atoms with van der Waals surface area (Å²) < 4.78 is 4.91. The molecule has 3 rings (SSSR count). The van der Waals surface area contributed by atoms with Crippen LogP contribution in [0.4, 0.5) is 0 Å². The number of carbonyl (C=O) groups is 1. The summed E-state index contributed by atoms with van der Waals surface area (Å²) in [6.07, 6.45) is 1.57. The second kappa shape index (κ2) is 5.78. The van der Waals surface area contributed by atoms with Crippen molar-refractivity contribution in [2.75, 3.05) is 27.3 Å². The van der Waals surface area contributed by atoms with Crippen LogP contribution >= 0.6 is 0 Å². The van der Waals surface area contributed by atoms with Crippen molar-refractivity contribution in [1.82, 2.24) is 4.90 Å². The third-order valence-electron chi connectivity index (χ3n) is 4.83. The number of methoxy groups -OCH3 is 1. The number of nitrogens with zero attached hydrogens (tertiary/aromatic N) is 1. The molecule has 0 heterocycles.